The van der Waals surface area contributed by atoms with Crippen molar-refractivity contribution >= 4 is 29.3 Å². The number of carbonyl (C=O) groups is 2. The fourth-order valence-electron chi connectivity index (χ4n) is 3.01. The molecule has 0 fully saturated rings. The highest BCUT2D eigenvalue weighted by molar-refractivity contribution is 6.08. The zero-order chi connectivity index (χ0) is 23.6. The van der Waals surface area contributed by atoms with Crippen LogP contribution in [0.25, 0.3) is 6.08 Å². The molecular weight excluding hydrogens is 422 g/mol. The molecule has 3 aromatic carbocycles. The van der Waals surface area contributed by atoms with Gasteiger partial charge in [-0.15, -0.1) is 0 Å². The Morgan fingerprint density at radius 3 is 2.39 bits per heavy atom. The summed E-state index contributed by atoms with van der Waals surface area (Å²) < 4.78 is 5.74. The van der Waals surface area contributed by atoms with Gasteiger partial charge in [-0.3, -0.25) is 19.7 Å². The fourth-order valence-corrected chi connectivity index (χ4v) is 3.01. The van der Waals surface area contributed by atoms with E-state index in [2.05, 4.69) is 10.6 Å². The van der Waals surface area contributed by atoms with E-state index in [1.165, 1.54) is 36.8 Å². The number of amides is 2. The average molecular weight is 445 g/mol. The van der Waals surface area contributed by atoms with Gasteiger partial charge in [-0.25, -0.2) is 0 Å². The molecule has 0 aliphatic heterocycles. The Kier molecular flexibility index (Phi) is 7.91. The Morgan fingerprint density at radius 2 is 1.73 bits per heavy atom. The standard InChI is InChI=1S/C25H23N3O5/c1-18(29)26-24(17-20-8-5-9-22(16-20)28(31)32)25(30)27-21-10-12-23(13-11-21)33-15-14-19-6-3-2-4-7-19/h2-13,16-17H,14-15H2,1H3,(H,26,29)(H,27,30)/b24-17+. The van der Waals surface area contributed by atoms with Crippen molar-refractivity contribution in [2.75, 3.05) is 11.9 Å². The lowest BCUT2D eigenvalue weighted by Gasteiger charge is -2.11. The first-order valence-electron chi connectivity index (χ1n) is 10.2. The van der Waals surface area contributed by atoms with E-state index in [-0.39, 0.29) is 11.4 Å². The Labute approximate surface area is 191 Å². The summed E-state index contributed by atoms with van der Waals surface area (Å²) in [6.45, 7) is 1.80. The monoisotopic (exact) mass is 445 g/mol. The third kappa shape index (κ3) is 7.32. The fraction of sp³-hybridized carbons (Fsp3) is 0.120. The summed E-state index contributed by atoms with van der Waals surface area (Å²) in [5.41, 5.74) is 1.94. The molecule has 0 heterocycles. The summed E-state index contributed by atoms with van der Waals surface area (Å²) in [6, 6.07) is 22.6. The van der Waals surface area contributed by atoms with E-state index in [0.717, 1.165) is 6.42 Å². The van der Waals surface area contributed by atoms with Crippen molar-refractivity contribution in [2.45, 2.75) is 13.3 Å². The molecule has 0 saturated heterocycles. The second-order valence-electron chi connectivity index (χ2n) is 7.15. The summed E-state index contributed by atoms with van der Waals surface area (Å²) in [6.07, 6.45) is 2.16. The van der Waals surface area contributed by atoms with E-state index >= 15 is 0 Å². The molecule has 3 rings (SSSR count). The van der Waals surface area contributed by atoms with Gasteiger partial charge in [-0.1, -0.05) is 42.5 Å². The molecule has 0 aliphatic carbocycles. The number of rotatable bonds is 9. The topological polar surface area (TPSA) is 111 Å². The molecule has 0 unspecified atom stereocenters. The van der Waals surface area contributed by atoms with Crippen LogP contribution in [0.3, 0.4) is 0 Å². The molecule has 0 bridgehead atoms. The predicted octanol–water partition coefficient (Wildman–Crippen LogP) is 4.33. The first kappa shape index (κ1) is 23.2. The van der Waals surface area contributed by atoms with Crippen LogP contribution in [-0.4, -0.2) is 23.3 Å². The quantitative estimate of drug-likeness (QED) is 0.289. The molecule has 3 aromatic rings. The number of hydrogen-bond acceptors (Lipinski definition) is 5. The van der Waals surface area contributed by atoms with Gasteiger partial charge >= 0.3 is 0 Å². The Morgan fingerprint density at radius 1 is 1.00 bits per heavy atom. The number of hydrogen-bond donors (Lipinski definition) is 2. The van der Waals surface area contributed by atoms with E-state index in [4.69, 9.17) is 4.74 Å². The van der Waals surface area contributed by atoms with Crippen LogP contribution in [0.5, 0.6) is 5.75 Å². The van der Waals surface area contributed by atoms with Crippen LogP contribution in [0, 0.1) is 10.1 Å². The number of nitro groups is 1. The molecule has 0 atom stereocenters. The van der Waals surface area contributed by atoms with Gasteiger partial charge in [0, 0.05) is 31.2 Å². The maximum Gasteiger partial charge on any atom is 0.272 e. The van der Waals surface area contributed by atoms with Crippen molar-refractivity contribution in [3.05, 3.63) is 106 Å². The van der Waals surface area contributed by atoms with Crippen LogP contribution in [-0.2, 0) is 16.0 Å². The molecule has 0 aliphatic rings. The highest BCUT2D eigenvalue weighted by Crippen LogP contribution is 2.18. The van der Waals surface area contributed by atoms with Crippen molar-refractivity contribution in [3.8, 4) is 5.75 Å². The molecule has 0 saturated carbocycles. The van der Waals surface area contributed by atoms with E-state index in [0.29, 0.717) is 23.6 Å². The lowest BCUT2D eigenvalue weighted by Crippen LogP contribution is -2.28. The van der Waals surface area contributed by atoms with Crippen molar-refractivity contribution in [2.24, 2.45) is 0 Å². The van der Waals surface area contributed by atoms with Crippen molar-refractivity contribution < 1.29 is 19.2 Å². The lowest BCUT2D eigenvalue weighted by atomic mass is 10.1. The van der Waals surface area contributed by atoms with Crippen molar-refractivity contribution in [1.29, 1.82) is 0 Å². The zero-order valence-electron chi connectivity index (χ0n) is 18.0. The molecule has 0 radical (unpaired) electrons. The molecule has 2 N–H and O–H groups in total. The largest absolute Gasteiger partial charge is 0.493 e. The molecule has 0 spiro atoms. The van der Waals surface area contributed by atoms with Gasteiger partial charge < -0.3 is 15.4 Å². The number of benzene rings is 3. The Bertz CT molecular complexity index is 1160. The van der Waals surface area contributed by atoms with Crippen LogP contribution >= 0.6 is 0 Å². The summed E-state index contributed by atoms with van der Waals surface area (Å²) in [7, 11) is 0. The van der Waals surface area contributed by atoms with Crippen LogP contribution < -0.4 is 15.4 Å². The summed E-state index contributed by atoms with van der Waals surface area (Å²) >= 11 is 0. The first-order chi connectivity index (χ1) is 15.9. The Hall–Kier alpha value is -4.46. The number of carbonyl (C=O) groups excluding carboxylic acids is 2. The maximum atomic E-state index is 12.7. The zero-order valence-corrected chi connectivity index (χ0v) is 18.0. The maximum absolute atomic E-state index is 12.7. The molecular formula is C25H23N3O5. The van der Waals surface area contributed by atoms with Crippen molar-refractivity contribution in [3.63, 3.8) is 0 Å². The molecule has 8 heteroatoms. The van der Waals surface area contributed by atoms with Gasteiger partial charge in [-0.05, 0) is 41.5 Å². The van der Waals surface area contributed by atoms with Crippen LogP contribution in [0.4, 0.5) is 11.4 Å². The van der Waals surface area contributed by atoms with Crippen molar-refractivity contribution in [1.82, 2.24) is 5.32 Å². The Balaban J connectivity index is 1.64. The first-order valence-corrected chi connectivity index (χ1v) is 10.2. The van der Waals surface area contributed by atoms with Gasteiger partial charge in [-0.2, -0.15) is 0 Å². The van der Waals surface area contributed by atoms with Gasteiger partial charge in [0.1, 0.15) is 11.4 Å². The van der Waals surface area contributed by atoms with E-state index in [9.17, 15) is 19.7 Å². The van der Waals surface area contributed by atoms with Gasteiger partial charge in [0.2, 0.25) is 5.91 Å². The highest BCUT2D eigenvalue weighted by Gasteiger charge is 2.13. The minimum absolute atomic E-state index is 0.0359. The normalized spacial score (nSPS) is 10.9. The van der Waals surface area contributed by atoms with Crippen LogP contribution in [0.2, 0.25) is 0 Å². The summed E-state index contributed by atoms with van der Waals surface area (Å²) in [4.78, 5) is 34.7. The second kappa shape index (κ2) is 11.2. The van der Waals surface area contributed by atoms with E-state index in [1.54, 1.807) is 30.3 Å². The molecule has 168 valence electrons. The van der Waals surface area contributed by atoms with E-state index < -0.39 is 16.7 Å². The highest BCUT2D eigenvalue weighted by atomic mass is 16.6. The number of non-ortho nitro benzene ring substituents is 1. The summed E-state index contributed by atoms with van der Waals surface area (Å²) in [5.74, 6) is -0.336. The minimum Gasteiger partial charge on any atom is -0.493 e. The number of anilines is 1. The van der Waals surface area contributed by atoms with Gasteiger partial charge in [0.15, 0.2) is 0 Å². The average Bonchev–Trinajstić information content (AvgIpc) is 2.80. The minimum atomic E-state index is -0.561. The van der Waals surface area contributed by atoms with E-state index in [1.807, 2.05) is 30.3 Å². The number of ether oxygens (including phenoxy) is 1. The molecule has 2 amide bonds. The summed E-state index contributed by atoms with van der Waals surface area (Å²) in [5, 5.41) is 16.2. The third-order valence-electron chi connectivity index (χ3n) is 4.56. The van der Waals surface area contributed by atoms with Crippen LogP contribution in [0.15, 0.2) is 84.6 Å². The SMILES string of the molecule is CC(=O)N/C(=C/c1cccc([N+](=O)[O-])c1)C(=O)Nc1ccc(OCCc2ccccc2)cc1. The predicted molar refractivity (Wildman–Crippen MR) is 126 cm³/mol. The number of nitrogens with one attached hydrogen (secondary N) is 2. The molecule has 0 aromatic heterocycles. The second-order valence-corrected chi connectivity index (χ2v) is 7.15. The smallest absolute Gasteiger partial charge is 0.272 e. The lowest BCUT2D eigenvalue weighted by molar-refractivity contribution is -0.384. The molecule has 33 heavy (non-hydrogen) atoms. The van der Waals surface area contributed by atoms with Gasteiger partial charge in [0.05, 0.1) is 11.5 Å². The third-order valence-corrected chi connectivity index (χ3v) is 4.56. The number of nitro benzene ring substituents is 1. The van der Waals surface area contributed by atoms with Gasteiger partial charge in [0.25, 0.3) is 11.6 Å². The molecule has 8 nitrogen and oxygen atoms in total. The number of nitrogens with zero attached hydrogens (tertiary/aromatic N) is 1. The van der Waals surface area contributed by atoms with Crippen LogP contribution in [0.1, 0.15) is 18.1 Å².